The zero-order chi connectivity index (χ0) is 29.8. The van der Waals surface area contributed by atoms with Crippen molar-refractivity contribution in [2.45, 2.75) is 53.1 Å². The van der Waals surface area contributed by atoms with Crippen molar-refractivity contribution in [1.29, 1.82) is 0 Å². The maximum absolute atomic E-state index is 12.9. The second kappa shape index (κ2) is 12.2. The van der Waals surface area contributed by atoms with Crippen LogP contribution >= 0.6 is 0 Å². The number of aromatic nitrogens is 5. The van der Waals surface area contributed by atoms with Crippen molar-refractivity contribution in [3.05, 3.63) is 64.8 Å². The molecule has 0 fully saturated rings. The van der Waals surface area contributed by atoms with Gasteiger partial charge in [0, 0.05) is 45.7 Å². The molecule has 1 amide bonds. The molecule has 0 saturated carbocycles. The molecule has 12 heteroatoms. The first-order valence-electron chi connectivity index (χ1n) is 13.6. The Hall–Kier alpha value is -4.74. The zero-order valence-corrected chi connectivity index (χ0v) is 24.2. The number of hydrogen-bond acceptors (Lipinski definition) is 8. The third-order valence-electron chi connectivity index (χ3n) is 6.98. The molecule has 216 valence electrons. The van der Waals surface area contributed by atoms with E-state index in [0.29, 0.717) is 41.6 Å². The van der Waals surface area contributed by atoms with Crippen molar-refractivity contribution >= 4 is 40.5 Å². The van der Waals surface area contributed by atoms with E-state index in [2.05, 4.69) is 20.3 Å². The van der Waals surface area contributed by atoms with Gasteiger partial charge in [-0.25, -0.2) is 24.1 Å². The summed E-state index contributed by atoms with van der Waals surface area (Å²) < 4.78 is 3.06. The summed E-state index contributed by atoms with van der Waals surface area (Å²) in [5, 5.41) is 13.2. The van der Waals surface area contributed by atoms with E-state index in [0.717, 1.165) is 5.56 Å². The second-order valence-electron chi connectivity index (χ2n) is 9.99. The Labute approximate surface area is 238 Å². The molecular formula is C29H36N8O4. The van der Waals surface area contributed by atoms with Crippen LogP contribution in [-0.4, -0.2) is 66.2 Å². The lowest BCUT2D eigenvalue weighted by Gasteiger charge is -2.29. The first-order chi connectivity index (χ1) is 19.6. The molecular weight excluding hydrogens is 524 g/mol. The smallest absolute Gasteiger partial charge is 0.334 e. The van der Waals surface area contributed by atoms with E-state index in [-0.39, 0.29) is 29.9 Å². The van der Waals surface area contributed by atoms with Gasteiger partial charge in [0.15, 0.2) is 11.5 Å². The number of fused-ring (bicyclic) bond motifs is 1. The predicted molar refractivity (Wildman–Crippen MR) is 159 cm³/mol. The van der Waals surface area contributed by atoms with Crippen molar-refractivity contribution in [2.75, 3.05) is 28.2 Å². The number of aryl methyl sites for hydroxylation is 1. The monoisotopic (exact) mass is 560 g/mol. The Kier molecular flexibility index (Phi) is 8.70. The van der Waals surface area contributed by atoms with E-state index in [9.17, 15) is 19.5 Å². The van der Waals surface area contributed by atoms with Gasteiger partial charge in [-0.3, -0.25) is 9.36 Å². The van der Waals surface area contributed by atoms with Crippen molar-refractivity contribution in [2.24, 2.45) is 7.05 Å². The average Bonchev–Trinajstić information content (AvgIpc) is 3.19. The fourth-order valence-electron chi connectivity index (χ4n) is 4.90. The molecule has 1 unspecified atom stereocenters. The average molecular weight is 561 g/mol. The number of amides is 1. The molecule has 1 atom stereocenters. The van der Waals surface area contributed by atoms with Crippen LogP contribution in [0.5, 0.6) is 0 Å². The quantitative estimate of drug-likeness (QED) is 0.283. The molecule has 0 aliphatic carbocycles. The van der Waals surface area contributed by atoms with Crippen LogP contribution in [0.2, 0.25) is 0 Å². The Morgan fingerprint density at radius 3 is 2.34 bits per heavy atom. The summed E-state index contributed by atoms with van der Waals surface area (Å²) in [5.41, 5.74) is 2.80. The Balaban J connectivity index is 1.67. The fourth-order valence-corrected chi connectivity index (χ4v) is 4.90. The summed E-state index contributed by atoms with van der Waals surface area (Å²) in [6.07, 6.45) is 3.33. The number of aliphatic carboxylic acids is 1. The van der Waals surface area contributed by atoms with Gasteiger partial charge in [0.1, 0.15) is 11.7 Å². The van der Waals surface area contributed by atoms with Crippen LogP contribution < -0.4 is 20.8 Å². The molecule has 2 N–H and O–H groups in total. The number of carboxylic acids is 1. The highest BCUT2D eigenvalue weighted by atomic mass is 16.4. The number of imidazole rings is 1. The Morgan fingerprint density at radius 1 is 1.07 bits per heavy atom. The standard InChI is InChI=1S/C29H36N8O4/c1-7-35(8-2)28-31-17-24(36(18(3)4)19(5)38)25(33-28)32-22(27(39)40)16-20-11-13-21(14-12-20)37-26-23(10-9-15-30-26)34(6)29(37)41/h9-15,17-18,22H,7-8,16H2,1-6H3,(H,39,40)(H,31,32,33). The van der Waals surface area contributed by atoms with Gasteiger partial charge in [-0.05, 0) is 57.5 Å². The number of carbonyl (C=O) groups is 2. The number of carboxylic acid groups (broad SMARTS) is 1. The molecule has 12 nitrogen and oxygen atoms in total. The van der Waals surface area contributed by atoms with Crippen LogP contribution in [-0.2, 0) is 23.1 Å². The van der Waals surface area contributed by atoms with E-state index < -0.39 is 12.0 Å². The van der Waals surface area contributed by atoms with Crippen molar-refractivity contribution in [3.8, 4) is 5.69 Å². The van der Waals surface area contributed by atoms with E-state index in [1.807, 2.05) is 38.7 Å². The molecule has 3 heterocycles. The molecule has 0 bridgehead atoms. The van der Waals surface area contributed by atoms with E-state index >= 15 is 0 Å². The van der Waals surface area contributed by atoms with Crippen LogP contribution in [0.25, 0.3) is 16.9 Å². The lowest BCUT2D eigenvalue weighted by molar-refractivity contribution is -0.137. The lowest BCUT2D eigenvalue weighted by atomic mass is 10.1. The van der Waals surface area contributed by atoms with Crippen LogP contribution in [0.1, 0.15) is 40.2 Å². The largest absolute Gasteiger partial charge is 0.480 e. The van der Waals surface area contributed by atoms with Gasteiger partial charge in [0.05, 0.1) is 17.4 Å². The molecule has 3 aromatic heterocycles. The normalized spacial score (nSPS) is 12.0. The Bertz CT molecular complexity index is 1610. The van der Waals surface area contributed by atoms with Crippen molar-refractivity contribution < 1.29 is 14.7 Å². The number of hydrogen-bond donors (Lipinski definition) is 2. The minimum atomic E-state index is -1.07. The highest BCUT2D eigenvalue weighted by molar-refractivity contribution is 5.95. The number of carbonyl (C=O) groups excluding carboxylic acids is 1. The number of pyridine rings is 1. The Morgan fingerprint density at radius 2 is 1.76 bits per heavy atom. The minimum Gasteiger partial charge on any atom is -0.480 e. The van der Waals surface area contributed by atoms with Crippen LogP contribution in [0.15, 0.2) is 53.6 Å². The third-order valence-corrected chi connectivity index (χ3v) is 6.98. The van der Waals surface area contributed by atoms with E-state index in [1.165, 1.54) is 21.0 Å². The topological polar surface area (TPSA) is 138 Å². The maximum Gasteiger partial charge on any atom is 0.334 e. The van der Waals surface area contributed by atoms with Gasteiger partial charge in [-0.2, -0.15) is 4.98 Å². The molecule has 0 aliphatic rings. The maximum atomic E-state index is 12.9. The van der Waals surface area contributed by atoms with E-state index in [4.69, 9.17) is 0 Å². The lowest BCUT2D eigenvalue weighted by Crippen LogP contribution is -2.38. The molecule has 0 aliphatic heterocycles. The van der Waals surface area contributed by atoms with Gasteiger partial charge in [-0.1, -0.05) is 12.1 Å². The number of benzene rings is 1. The summed E-state index contributed by atoms with van der Waals surface area (Å²) in [5.74, 6) is -0.571. The van der Waals surface area contributed by atoms with Gasteiger partial charge >= 0.3 is 11.7 Å². The van der Waals surface area contributed by atoms with E-state index in [1.54, 1.807) is 49.8 Å². The third kappa shape index (κ3) is 5.91. The number of nitrogens with zero attached hydrogens (tertiary/aromatic N) is 7. The fraction of sp³-hybridized carbons (Fsp3) is 0.379. The van der Waals surface area contributed by atoms with Gasteiger partial charge in [-0.15, -0.1) is 0 Å². The summed E-state index contributed by atoms with van der Waals surface area (Å²) in [7, 11) is 1.69. The summed E-state index contributed by atoms with van der Waals surface area (Å²) >= 11 is 0. The molecule has 0 saturated heterocycles. The minimum absolute atomic E-state index is 0.129. The van der Waals surface area contributed by atoms with Gasteiger partial charge < -0.3 is 20.2 Å². The molecule has 4 aromatic rings. The molecule has 0 radical (unpaired) electrons. The summed E-state index contributed by atoms with van der Waals surface area (Å²) in [6.45, 7) is 10.5. The highest BCUT2D eigenvalue weighted by Crippen LogP contribution is 2.29. The summed E-state index contributed by atoms with van der Waals surface area (Å²) in [6, 6.07) is 9.49. The predicted octanol–water partition coefficient (Wildman–Crippen LogP) is 3.23. The van der Waals surface area contributed by atoms with Crippen molar-refractivity contribution in [1.82, 2.24) is 24.1 Å². The first kappa shape index (κ1) is 29.2. The van der Waals surface area contributed by atoms with Gasteiger partial charge in [0.25, 0.3) is 0 Å². The summed E-state index contributed by atoms with van der Waals surface area (Å²) in [4.78, 5) is 54.8. The van der Waals surface area contributed by atoms with Crippen LogP contribution in [0.3, 0.4) is 0 Å². The number of anilines is 3. The molecule has 41 heavy (non-hydrogen) atoms. The first-order valence-corrected chi connectivity index (χ1v) is 13.6. The van der Waals surface area contributed by atoms with Gasteiger partial charge in [0.2, 0.25) is 11.9 Å². The second-order valence-corrected chi connectivity index (χ2v) is 9.99. The van der Waals surface area contributed by atoms with Crippen molar-refractivity contribution in [3.63, 3.8) is 0 Å². The highest BCUT2D eigenvalue weighted by Gasteiger charge is 2.26. The number of rotatable bonds is 11. The SMILES string of the molecule is CCN(CC)c1ncc(N(C(C)=O)C(C)C)c(NC(Cc2ccc(-n3c(=O)n(C)c4cccnc43)cc2)C(=O)O)n1. The molecule has 0 spiro atoms. The molecule has 4 rings (SSSR count). The zero-order valence-electron chi connectivity index (χ0n) is 24.2. The van der Waals surface area contributed by atoms with Crippen LogP contribution in [0.4, 0.5) is 17.5 Å². The number of nitrogens with one attached hydrogen (secondary N) is 1. The molecule has 1 aromatic carbocycles. The van der Waals surface area contributed by atoms with Crippen LogP contribution in [0, 0.1) is 0 Å².